The van der Waals surface area contributed by atoms with Gasteiger partial charge in [0.15, 0.2) is 0 Å². The molecule has 5 rings (SSSR count). The molecule has 216 valence electrons. The number of hydrogen-bond donors (Lipinski definition) is 3. The number of hydrogen-bond acceptors (Lipinski definition) is 7. The van der Waals surface area contributed by atoms with E-state index in [9.17, 15) is 19.5 Å². The van der Waals surface area contributed by atoms with Crippen molar-refractivity contribution in [3.05, 3.63) is 89.5 Å². The first-order valence-corrected chi connectivity index (χ1v) is 13.8. The Bertz CT molecular complexity index is 1550. The van der Waals surface area contributed by atoms with Crippen LogP contribution < -0.4 is 10.6 Å². The lowest BCUT2D eigenvalue weighted by molar-refractivity contribution is -0.132. The van der Waals surface area contributed by atoms with E-state index in [1.165, 1.54) is 11.0 Å². The molecule has 3 amide bonds. The van der Waals surface area contributed by atoms with E-state index in [0.29, 0.717) is 29.1 Å². The molecule has 3 atom stereocenters. The van der Waals surface area contributed by atoms with Crippen molar-refractivity contribution in [2.75, 3.05) is 6.54 Å². The summed E-state index contributed by atoms with van der Waals surface area (Å²) in [6.45, 7) is 1.87. The van der Waals surface area contributed by atoms with Gasteiger partial charge >= 0.3 is 6.09 Å². The van der Waals surface area contributed by atoms with E-state index in [2.05, 4.69) is 31.1 Å². The van der Waals surface area contributed by atoms with Gasteiger partial charge in [-0.05, 0) is 82.6 Å². The Hall–Kier alpha value is -4.84. The average Bonchev–Trinajstić information content (AvgIpc) is 3.55. The number of nitrogens with one attached hydrogen (secondary N) is 2. The molecule has 0 spiro atoms. The van der Waals surface area contributed by atoms with Gasteiger partial charge < -0.3 is 15.7 Å². The van der Waals surface area contributed by atoms with Crippen molar-refractivity contribution in [2.45, 2.75) is 44.3 Å². The fraction of sp³-hybridized carbons (Fsp3) is 0.276. The molecule has 2 aromatic heterocycles. The monoisotopic (exact) mass is 588 g/mol. The third-order valence-electron chi connectivity index (χ3n) is 7.37. The number of rotatable bonds is 8. The molecule has 0 bridgehead atoms. The summed E-state index contributed by atoms with van der Waals surface area (Å²) < 4.78 is 1.45. The minimum Gasteiger partial charge on any atom is -0.465 e. The van der Waals surface area contributed by atoms with E-state index in [-0.39, 0.29) is 19.0 Å². The number of carbonyl (C=O) groups excluding carboxylic acids is 2. The molecular formula is C29H29ClN8O4. The minimum absolute atomic E-state index is 0.0176. The zero-order valence-corrected chi connectivity index (χ0v) is 23.5. The van der Waals surface area contributed by atoms with Gasteiger partial charge in [0.1, 0.15) is 18.4 Å². The minimum atomic E-state index is -1.17. The Kier molecular flexibility index (Phi) is 8.72. The summed E-state index contributed by atoms with van der Waals surface area (Å²) in [6.07, 6.45) is 4.66. The number of halogens is 1. The van der Waals surface area contributed by atoms with E-state index < -0.39 is 30.0 Å². The number of benzene rings is 2. The lowest BCUT2D eigenvalue weighted by Crippen LogP contribution is -2.56. The van der Waals surface area contributed by atoms with Crippen LogP contribution >= 0.6 is 11.6 Å². The van der Waals surface area contributed by atoms with Gasteiger partial charge in [0, 0.05) is 30.5 Å². The van der Waals surface area contributed by atoms with E-state index in [1.807, 2.05) is 36.4 Å². The molecule has 1 aliphatic heterocycles. The van der Waals surface area contributed by atoms with Crippen LogP contribution in [0.2, 0.25) is 5.02 Å². The van der Waals surface area contributed by atoms with Crippen LogP contribution in [0, 0.1) is 0 Å². The molecule has 4 aromatic rings. The Morgan fingerprint density at radius 3 is 2.62 bits per heavy atom. The highest BCUT2D eigenvalue weighted by Crippen LogP contribution is 2.33. The van der Waals surface area contributed by atoms with Crippen molar-refractivity contribution < 1.29 is 19.5 Å². The molecule has 3 heterocycles. The number of amides is 3. The molecule has 1 unspecified atom stereocenters. The molecule has 0 saturated carbocycles. The molecular weight excluding hydrogens is 560 g/mol. The zero-order valence-electron chi connectivity index (χ0n) is 22.7. The van der Waals surface area contributed by atoms with E-state index in [1.54, 1.807) is 37.5 Å². The first-order chi connectivity index (χ1) is 20.3. The zero-order chi connectivity index (χ0) is 29.6. The molecule has 12 nitrogen and oxygen atoms in total. The van der Waals surface area contributed by atoms with Crippen LogP contribution in [0.25, 0.3) is 16.8 Å². The largest absolute Gasteiger partial charge is 0.465 e. The summed E-state index contributed by atoms with van der Waals surface area (Å²) >= 11 is 6.16. The van der Waals surface area contributed by atoms with Crippen LogP contribution in [0.4, 0.5) is 4.79 Å². The lowest BCUT2D eigenvalue weighted by Gasteiger charge is -2.37. The fourth-order valence-corrected chi connectivity index (χ4v) is 5.32. The van der Waals surface area contributed by atoms with Gasteiger partial charge in [0.2, 0.25) is 11.8 Å². The Labute approximate surface area is 246 Å². The third-order valence-corrected chi connectivity index (χ3v) is 7.61. The SMILES string of the molecule is CC(NC(=O)[C@H]1C[C@@H](c2ccc(-c3cccnc3)cc2)CCN1C(=O)O)C(=O)NCc1cc(Cl)ccc1-n1cnnn1. The number of carboxylic acid groups (broad SMARTS) is 1. The lowest BCUT2D eigenvalue weighted by atomic mass is 9.84. The Balaban J connectivity index is 1.23. The van der Waals surface area contributed by atoms with Crippen molar-refractivity contribution in [1.82, 2.24) is 40.7 Å². The predicted molar refractivity (Wildman–Crippen MR) is 154 cm³/mol. The van der Waals surface area contributed by atoms with Gasteiger partial charge in [-0.3, -0.25) is 19.5 Å². The standard InChI is InChI=1S/C29H29ClN8O4/c1-18(27(39)32-16-23-13-24(30)8-9-25(23)38-17-33-35-36-38)34-28(40)26-14-21(10-12-37(26)29(41)42)19-4-6-20(7-5-19)22-3-2-11-31-15-22/h2-9,11,13,15,17-18,21,26H,10,12,14,16H2,1H3,(H,32,39)(H,34,40)(H,41,42)/t18?,21-,26+/m0/s1. The first kappa shape index (κ1) is 28.7. The molecule has 42 heavy (non-hydrogen) atoms. The van der Waals surface area contributed by atoms with Crippen molar-refractivity contribution in [1.29, 1.82) is 0 Å². The Morgan fingerprint density at radius 1 is 1.12 bits per heavy atom. The van der Waals surface area contributed by atoms with Crippen molar-refractivity contribution in [2.24, 2.45) is 0 Å². The predicted octanol–water partition coefficient (Wildman–Crippen LogP) is 3.42. The van der Waals surface area contributed by atoms with E-state index >= 15 is 0 Å². The normalized spacial score (nSPS) is 17.3. The van der Waals surface area contributed by atoms with E-state index in [4.69, 9.17) is 11.6 Å². The van der Waals surface area contributed by atoms with E-state index in [0.717, 1.165) is 21.6 Å². The van der Waals surface area contributed by atoms with Crippen LogP contribution in [0.5, 0.6) is 0 Å². The second kappa shape index (κ2) is 12.8. The third kappa shape index (κ3) is 6.55. The van der Waals surface area contributed by atoms with Gasteiger partial charge in [-0.2, -0.15) is 0 Å². The smallest absolute Gasteiger partial charge is 0.407 e. The number of piperidine rings is 1. The van der Waals surface area contributed by atoms with Crippen LogP contribution in [-0.2, 0) is 16.1 Å². The first-order valence-electron chi connectivity index (χ1n) is 13.4. The molecule has 3 N–H and O–H groups in total. The number of tetrazole rings is 1. The molecule has 1 aliphatic rings. The molecule has 0 radical (unpaired) electrons. The highest BCUT2D eigenvalue weighted by molar-refractivity contribution is 6.30. The molecule has 0 aliphatic carbocycles. The summed E-state index contributed by atoms with van der Waals surface area (Å²) in [5.41, 5.74) is 4.35. The van der Waals surface area contributed by atoms with Crippen LogP contribution in [-0.4, -0.2) is 71.7 Å². The number of aromatic nitrogens is 5. The highest BCUT2D eigenvalue weighted by atomic mass is 35.5. The van der Waals surface area contributed by atoms with Gasteiger partial charge in [-0.15, -0.1) is 5.10 Å². The van der Waals surface area contributed by atoms with Crippen LogP contribution in [0.1, 0.15) is 36.8 Å². The van der Waals surface area contributed by atoms with Gasteiger partial charge in [0.25, 0.3) is 0 Å². The second-order valence-corrected chi connectivity index (χ2v) is 10.5. The van der Waals surface area contributed by atoms with Crippen molar-refractivity contribution in [3.63, 3.8) is 0 Å². The van der Waals surface area contributed by atoms with Crippen LogP contribution in [0.3, 0.4) is 0 Å². The summed E-state index contributed by atoms with van der Waals surface area (Å²) in [5, 5.41) is 26.9. The van der Waals surface area contributed by atoms with Crippen LogP contribution in [0.15, 0.2) is 73.3 Å². The number of carbonyl (C=O) groups is 3. The fourth-order valence-electron chi connectivity index (χ4n) is 5.13. The van der Waals surface area contributed by atoms with Gasteiger partial charge in [-0.1, -0.05) is 41.9 Å². The molecule has 1 saturated heterocycles. The molecule has 1 fully saturated rings. The van der Waals surface area contributed by atoms with Gasteiger partial charge in [0.05, 0.1) is 5.69 Å². The quantitative estimate of drug-likeness (QED) is 0.283. The topological polar surface area (TPSA) is 155 Å². The Morgan fingerprint density at radius 2 is 1.93 bits per heavy atom. The summed E-state index contributed by atoms with van der Waals surface area (Å²) in [7, 11) is 0. The molecule has 2 aromatic carbocycles. The highest BCUT2D eigenvalue weighted by Gasteiger charge is 2.37. The summed E-state index contributed by atoms with van der Waals surface area (Å²) in [6, 6.07) is 15.1. The second-order valence-electron chi connectivity index (χ2n) is 10.1. The average molecular weight is 589 g/mol. The number of nitrogens with zero attached hydrogens (tertiary/aromatic N) is 6. The maximum atomic E-state index is 13.3. The summed E-state index contributed by atoms with van der Waals surface area (Å²) in [5.74, 6) is -0.976. The summed E-state index contributed by atoms with van der Waals surface area (Å²) in [4.78, 5) is 43.5. The maximum absolute atomic E-state index is 13.3. The maximum Gasteiger partial charge on any atom is 0.407 e. The number of likely N-dealkylation sites (tertiary alicyclic amines) is 1. The van der Waals surface area contributed by atoms with Gasteiger partial charge in [-0.25, -0.2) is 9.48 Å². The van der Waals surface area contributed by atoms with Crippen molar-refractivity contribution >= 4 is 29.5 Å². The number of pyridine rings is 1. The molecule has 13 heteroatoms. The van der Waals surface area contributed by atoms with Crippen molar-refractivity contribution in [3.8, 4) is 16.8 Å².